The Kier molecular flexibility index (Phi) is 8.65. The molecule has 1 saturated heterocycles. The number of rotatable bonds is 10. The van der Waals surface area contributed by atoms with Crippen LogP contribution in [0.15, 0.2) is 18.2 Å². The second-order valence-electron chi connectivity index (χ2n) is 7.02. The second kappa shape index (κ2) is 10.7. The molecule has 0 aliphatic carbocycles. The first kappa shape index (κ1) is 21.0. The van der Waals surface area contributed by atoms with Crippen LogP contribution in [0.5, 0.6) is 11.5 Å². The number of nitrogens with zero attached hydrogens (tertiary/aromatic N) is 3. The molecule has 1 aromatic carbocycles. The Hall–Kier alpha value is -1.34. The number of aliphatic hydroxyl groups is 1. The summed E-state index contributed by atoms with van der Waals surface area (Å²) in [5.74, 6) is 1.41. The number of methoxy groups -OCH3 is 1. The molecule has 1 aliphatic rings. The Balaban J connectivity index is 1.90. The van der Waals surface area contributed by atoms with Crippen LogP contribution in [-0.4, -0.2) is 92.5 Å². The van der Waals surface area contributed by atoms with E-state index in [4.69, 9.17) is 9.47 Å². The van der Waals surface area contributed by atoms with Crippen LogP contribution in [0.2, 0.25) is 0 Å². The maximum Gasteiger partial charge on any atom is 0.161 e. The first-order chi connectivity index (χ1) is 12.5. The van der Waals surface area contributed by atoms with E-state index in [0.717, 1.165) is 45.8 Å². The Morgan fingerprint density at radius 2 is 1.81 bits per heavy atom. The van der Waals surface area contributed by atoms with Crippen LogP contribution in [0.3, 0.4) is 0 Å². The van der Waals surface area contributed by atoms with Gasteiger partial charge in [-0.1, -0.05) is 19.9 Å². The van der Waals surface area contributed by atoms with Gasteiger partial charge in [-0.3, -0.25) is 9.80 Å². The van der Waals surface area contributed by atoms with E-state index in [1.54, 1.807) is 7.11 Å². The minimum absolute atomic E-state index is 0.275. The number of ether oxygens (including phenoxy) is 2. The third-order valence-corrected chi connectivity index (χ3v) is 5.02. The third-order valence-electron chi connectivity index (χ3n) is 5.02. The Morgan fingerprint density at radius 1 is 1.12 bits per heavy atom. The van der Waals surface area contributed by atoms with Crippen molar-refractivity contribution in [2.24, 2.45) is 0 Å². The highest BCUT2D eigenvalue weighted by atomic mass is 16.5. The summed E-state index contributed by atoms with van der Waals surface area (Å²) in [7, 11) is 3.78. The summed E-state index contributed by atoms with van der Waals surface area (Å²) in [5.41, 5.74) is 1.19. The molecule has 6 heteroatoms. The molecule has 0 aromatic heterocycles. The van der Waals surface area contributed by atoms with E-state index in [1.165, 1.54) is 5.56 Å². The van der Waals surface area contributed by atoms with Crippen molar-refractivity contribution < 1.29 is 14.6 Å². The topological polar surface area (TPSA) is 48.4 Å². The molecule has 6 nitrogen and oxygen atoms in total. The van der Waals surface area contributed by atoms with Gasteiger partial charge in [0.25, 0.3) is 0 Å². The van der Waals surface area contributed by atoms with E-state index in [0.29, 0.717) is 18.0 Å². The highest BCUT2D eigenvalue weighted by molar-refractivity contribution is 5.43. The molecule has 0 spiro atoms. The van der Waals surface area contributed by atoms with Gasteiger partial charge >= 0.3 is 0 Å². The minimum Gasteiger partial charge on any atom is -0.493 e. The number of benzene rings is 1. The number of β-amino-alcohol motifs (C(OH)–C–C–N with tert-alkyl or cyclic N) is 1. The van der Waals surface area contributed by atoms with E-state index in [2.05, 4.69) is 41.7 Å². The highest BCUT2D eigenvalue weighted by Gasteiger charge is 2.18. The van der Waals surface area contributed by atoms with E-state index < -0.39 is 6.10 Å². The maximum absolute atomic E-state index is 10.4. The summed E-state index contributed by atoms with van der Waals surface area (Å²) in [6, 6.07) is 6.05. The lowest BCUT2D eigenvalue weighted by molar-refractivity contribution is 0.0497. The smallest absolute Gasteiger partial charge is 0.161 e. The van der Waals surface area contributed by atoms with Gasteiger partial charge in [0.2, 0.25) is 0 Å². The quantitative estimate of drug-likeness (QED) is 0.679. The number of hydrogen-bond donors (Lipinski definition) is 1. The van der Waals surface area contributed by atoms with E-state index >= 15 is 0 Å². The Morgan fingerprint density at radius 3 is 2.42 bits per heavy atom. The maximum atomic E-state index is 10.4. The largest absolute Gasteiger partial charge is 0.493 e. The molecule has 0 unspecified atom stereocenters. The van der Waals surface area contributed by atoms with E-state index in [-0.39, 0.29) is 6.61 Å². The average molecular weight is 366 g/mol. The molecule has 1 aliphatic heterocycles. The highest BCUT2D eigenvalue weighted by Crippen LogP contribution is 2.28. The normalized spacial score (nSPS) is 17.5. The first-order valence-electron chi connectivity index (χ1n) is 9.66. The van der Waals surface area contributed by atoms with Crippen molar-refractivity contribution in [3.8, 4) is 11.5 Å². The second-order valence-corrected chi connectivity index (χ2v) is 7.02. The van der Waals surface area contributed by atoms with E-state index in [1.807, 2.05) is 12.1 Å². The zero-order valence-corrected chi connectivity index (χ0v) is 16.8. The zero-order valence-electron chi connectivity index (χ0n) is 16.8. The predicted molar refractivity (Wildman–Crippen MR) is 105 cm³/mol. The molecule has 0 bridgehead atoms. The number of aliphatic hydroxyl groups excluding tert-OH is 1. The molecule has 1 aromatic rings. The van der Waals surface area contributed by atoms with Gasteiger partial charge in [-0.15, -0.1) is 0 Å². The summed E-state index contributed by atoms with van der Waals surface area (Å²) in [4.78, 5) is 6.96. The fraction of sp³-hybridized carbons (Fsp3) is 0.700. The van der Waals surface area contributed by atoms with Crippen molar-refractivity contribution in [2.45, 2.75) is 26.5 Å². The molecule has 0 amide bonds. The monoisotopic (exact) mass is 365 g/mol. The number of hydrogen-bond acceptors (Lipinski definition) is 6. The van der Waals surface area contributed by atoms with Crippen molar-refractivity contribution in [3.63, 3.8) is 0 Å². The fourth-order valence-electron chi connectivity index (χ4n) is 3.20. The lowest BCUT2D eigenvalue weighted by atomic mass is 10.2. The van der Waals surface area contributed by atoms with Crippen LogP contribution in [0.1, 0.15) is 19.4 Å². The van der Waals surface area contributed by atoms with Crippen LogP contribution in [-0.2, 0) is 6.54 Å². The van der Waals surface area contributed by atoms with Crippen molar-refractivity contribution in [1.29, 1.82) is 0 Å². The molecule has 26 heavy (non-hydrogen) atoms. The summed E-state index contributed by atoms with van der Waals surface area (Å²) in [6.45, 7) is 12.3. The predicted octanol–water partition coefficient (Wildman–Crippen LogP) is 1.52. The summed E-state index contributed by atoms with van der Waals surface area (Å²) < 4.78 is 11.3. The molecular weight excluding hydrogens is 330 g/mol. The van der Waals surface area contributed by atoms with Crippen LogP contribution in [0.4, 0.5) is 0 Å². The van der Waals surface area contributed by atoms with Crippen molar-refractivity contribution in [1.82, 2.24) is 14.7 Å². The van der Waals surface area contributed by atoms with Gasteiger partial charge in [-0.05, 0) is 37.8 Å². The standard InChI is InChI=1S/C20H35N3O3/c1-5-22(6-2)14-17-7-8-19(25-4)20(13-17)26-16-18(24)15-23-11-9-21(3)10-12-23/h7-8,13,18,24H,5-6,9-12,14-16H2,1-4H3/t18-/m0/s1. The minimum atomic E-state index is -0.505. The molecule has 1 atom stereocenters. The summed E-state index contributed by atoms with van der Waals surface area (Å²) in [6.07, 6.45) is -0.505. The van der Waals surface area contributed by atoms with Gasteiger partial charge in [0.15, 0.2) is 11.5 Å². The van der Waals surface area contributed by atoms with Crippen LogP contribution in [0.25, 0.3) is 0 Å². The molecule has 1 fully saturated rings. The Bertz CT molecular complexity index is 529. The fourth-order valence-corrected chi connectivity index (χ4v) is 3.20. The van der Waals surface area contributed by atoms with Gasteiger partial charge in [-0.2, -0.15) is 0 Å². The summed E-state index contributed by atoms with van der Waals surface area (Å²) in [5, 5.41) is 10.4. The molecule has 0 radical (unpaired) electrons. The van der Waals surface area contributed by atoms with Gasteiger partial charge in [-0.25, -0.2) is 0 Å². The SMILES string of the molecule is CCN(CC)Cc1ccc(OC)c(OC[C@@H](O)CN2CCN(C)CC2)c1. The molecule has 2 rings (SSSR count). The molecule has 1 N–H and O–H groups in total. The molecule has 148 valence electrons. The third kappa shape index (κ3) is 6.43. The van der Waals surface area contributed by atoms with Crippen LogP contribution in [0, 0.1) is 0 Å². The van der Waals surface area contributed by atoms with Crippen LogP contribution >= 0.6 is 0 Å². The van der Waals surface area contributed by atoms with Gasteiger partial charge in [0.05, 0.1) is 7.11 Å². The summed E-state index contributed by atoms with van der Waals surface area (Å²) >= 11 is 0. The number of piperazine rings is 1. The van der Waals surface area contributed by atoms with Gasteiger partial charge in [0.1, 0.15) is 12.7 Å². The average Bonchev–Trinajstić information content (AvgIpc) is 2.66. The lowest BCUT2D eigenvalue weighted by Crippen LogP contribution is -2.47. The van der Waals surface area contributed by atoms with Crippen molar-refractivity contribution in [3.05, 3.63) is 23.8 Å². The van der Waals surface area contributed by atoms with E-state index in [9.17, 15) is 5.11 Å². The van der Waals surface area contributed by atoms with Crippen molar-refractivity contribution >= 4 is 0 Å². The van der Waals surface area contributed by atoms with Crippen molar-refractivity contribution in [2.75, 3.05) is 66.6 Å². The van der Waals surface area contributed by atoms with Gasteiger partial charge < -0.3 is 19.5 Å². The molecular formula is C20H35N3O3. The zero-order chi connectivity index (χ0) is 18.9. The Labute approximate surface area is 158 Å². The lowest BCUT2D eigenvalue weighted by Gasteiger charge is -2.33. The number of likely N-dealkylation sites (N-methyl/N-ethyl adjacent to an activating group) is 1. The van der Waals surface area contributed by atoms with Crippen LogP contribution < -0.4 is 9.47 Å². The molecule has 0 saturated carbocycles. The van der Waals surface area contributed by atoms with Gasteiger partial charge in [0, 0.05) is 39.3 Å². The first-order valence-corrected chi connectivity index (χ1v) is 9.66. The molecule has 1 heterocycles.